The maximum absolute atomic E-state index is 12.9. The Hall–Kier alpha value is -3.19. The largest absolute Gasteiger partial charge is 0.389 e. The number of fused-ring (bicyclic) bond motifs is 4. The van der Waals surface area contributed by atoms with E-state index in [1.54, 1.807) is 9.58 Å². The molecule has 4 aromatic rings. The molecule has 5 rings (SSSR count). The van der Waals surface area contributed by atoms with Crippen LogP contribution in [0.25, 0.3) is 21.9 Å². The van der Waals surface area contributed by atoms with Crippen LogP contribution < -0.4 is 0 Å². The number of nitrogens with zero attached hydrogens (tertiary/aromatic N) is 5. The van der Waals surface area contributed by atoms with Gasteiger partial charge in [0.25, 0.3) is 5.91 Å². The van der Waals surface area contributed by atoms with Gasteiger partial charge in [-0.3, -0.25) is 4.79 Å². The molecule has 1 atom stereocenters. The fourth-order valence-corrected chi connectivity index (χ4v) is 4.14. The number of para-hydroxylation sites is 2. The highest BCUT2D eigenvalue weighted by atomic mass is 16.3. The van der Waals surface area contributed by atoms with Crippen LogP contribution in [0.2, 0.25) is 0 Å². The molecular formula is C21H21N5O2. The van der Waals surface area contributed by atoms with Crippen molar-refractivity contribution in [3.8, 4) is 0 Å². The Morgan fingerprint density at radius 3 is 2.68 bits per heavy atom. The fourth-order valence-electron chi connectivity index (χ4n) is 4.14. The zero-order valence-corrected chi connectivity index (χ0v) is 15.6. The molecule has 1 N–H and O–H groups in total. The molecule has 0 radical (unpaired) electrons. The lowest BCUT2D eigenvalue weighted by molar-refractivity contribution is 0.0761. The van der Waals surface area contributed by atoms with Crippen molar-refractivity contribution in [2.45, 2.75) is 25.6 Å². The molecular weight excluding hydrogens is 354 g/mol. The molecule has 2 aromatic heterocycles. The van der Waals surface area contributed by atoms with Crippen LogP contribution in [0.1, 0.15) is 16.1 Å². The van der Waals surface area contributed by atoms with Crippen molar-refractivity contribution in [3.63, 3.8) is 0 Å². The average Bonchev–Trinajstić information content (AvgIpc) is 3.25. The molecule has 1 aliphatic rings. The number of aliphatic hydroxyl groups excluding tert-OH is 1. The standard InChI is InChI=1S/C21H21N5O2/c1-24-11-10-16-15-6-2-4-8-18(15)25(20(16)21(24)28)12-14(27)13-26-19-9-5-3-7-17(19)22-23-26/h2-9,14,27H,10-13H2,1H3. The summed E-state index contributed by atoms with van der Waals surface area (Å²) in [4.78, 5) is 14.6. The highest BCUT2D eigenvalue weighted by Gasteiger charge is 2.29. The van der Waals surface area contributed by atoms with Gasteiger partial charge in [-0.15, -0.1) is 5.10 Å². The van der Waals surface area contributed by atoms with Crippen molar-refractivity contribution in [2.75, 3.05) is 13.6 Å². The van der Waals surface area contributed by atoms with E-state index in [1.807, 2.05) is 54.1 Å². The molecule has 2 aromatic carbocycles. The van der Waals surface area contributed by atoms with Gasteiger partial charge in [-0.2, -0.15) is 0 Å². The Labute approximate surface area is 161 Å². The van der Waals surface area contributed by atoms with E-state index in [1.165, 1.54) is 0 Å². The minimum atomic E-state index is -0.704. The van der Waals surface area contributed by atoms with Crippen LogP contribution >= 0.6 is 0 Å². The maximum atomic E-state index is 12.9. The predicted octanol–water partition coefficient (Wildman–Crippen LogP) is 2.08. The predicted molar refractivity (Wildman–Crippen MR) is 106 cm³/mol. The second-order valence-corrected chi connectivity index (χ2v) is 7.35. The first-order valence-corrected chi connectivity index (χ1v) is 9.45. The number of amides is 1. The van der Waals surface area contributed by atoms with Gasteiger partial charge in [0.2, 0.25) is 0 Å². The van der Waals surface area contributed by atoms with Crippen LogP contribution in [-0.4, -0.2) is 55.2 Å². The summed E-state index contributed by atoms with van der Waals surface area (Å²) in [7, 11) is 1.82. The zero-order chi connectivity index (χ0) is 19.3. The second kappa shape index (κ2) is 6.45. The molecule has 0 saturated carbocycles. The zero-order valence-electron chi connectivity index (χ0n) is 15.6. The van der Waals surface area contributed by atoms with Gasteiger partial charge in [-0.1, -0.05) is 35.5 Å². The van der Waals surface area contributed by atoms with Crippen LogP contribution in [-0.2, 0) is 19.5 Å². The average molecular weight is 375 g/mol. The molecule has 0 spiro atoms. The van der Waals surface area contributed by atoms with Gasteiger partial charge in [-0.25, -0.2) is 4.68 Å². The van der Waals surface area contributed by atoms with Crippen molar-refractivity contribution >= 4 is 27.8 Å². The van der Waals surface area contributed by atoms with Crippen LogP contribution in [0.3, 0.4) is 0 Å². The monoisotopic (exact) mass is 375 g/mol. The number of aromatic nitrogens is 4. The number of likely N-dealkylation sites (N-methyl/N-ethyl adjacent to an activating group) is 1. The second-order valence-electron chi connectivity index (χ2n) is 7.35. The summed E-state index contributed by atoms with van der Waals surface area (Å²) in [6.45, 7) is 1.35. The summed E-state index contributed by atoms with van der Waals surface area (Å²) >= 11 is 0. The lowest BCUT2D eigenvalue weighted by atomic mass is 10.0. The van der Waals surface area contributed by atoms with Crippen molar-refractivity contribution in [1.82, 2.24) is 24.5 Å². The summed E-state index contributed by atoms with van der Waals surface area (Å²) < 4.78 is 3.68. The molecule has 1 amide bonds. The normalized spacial score (nSPS) is 15.4. The Balaban J connectivity index is 1.52. The first kappa shape index (κ1) is 16.9. The number of rotatable bonds is 4. The molecule has 7 heteroatoms. The van der Waals surface area contributed by atoms with Crippen molar-refractivity contribution in [2.24, 2.45) is 0 Å². The van der Waals surface area contributed by atoms with Crippen molar-refractivity contribution in [1.29, 1.82) is 0 Å². The summed E-state index contributed by atoms with van der Waals surface area (Å²) in [5, 5.41) is 20.2. The number of hydrogen-bond donors (Lipinski definition) is 1. The quantitative estimate of drug-likeness (QED) is 0.593. The van der Waals surface area contributed by atoms with Gasteiger partial charge in [0, 0.05) is 24.5 Å². The Bertz CT molecular complexity index is 1190. The van der Waals surface area contributed by atoms with Crippen molar-refractivity contribution in [3.05, 3.63) is 59.8 Å². The van der Waals surface area contributed by atoms with Gasteiger partial charge in [0.15, 0.2) is 0 Å². The first-order valence-electron chi connectivity index (χ1n) is 9.45. The lowest BCUT2D eigenvalue weighted by Crippen LogP contribution is -2.36. The molecule has 7 nitrogen and oxygen atoms in total. The SMILES string of the molecule is CN1CCc2c(n(CC(O)Cn3nnc4ccccc43)c3ccccc23)C1=O. The molecule has 0 bridgehead atoms. The Morgan fingerprint density at radius 1 is 1.07 bits per heavy atom. The maximum Gasteiger partial charge on any atom is 0.270 e. The minimum Gasteiger partial charge on any atom is -0.389 e. The van der Waals surface area contributed by atoms with E-state index in [0.29, 0.717) is 25.3 Å². The van der Waals surface area contributed by atoms with Gasteiger partial charge in [0.1, 0.15) is 11.2 Å². The van der Waals surface area contributed by atoms with Crippen LogP contribution in [0.5, 0.6) is 0 Å². The fraction of sp³-hybridized carbons (Fsp3) is 0.286. The minimum absolute atomic E-state index is 0.0101. The number of benzene rings is 2. The lowest BCUT2D eigenvalue weighted by Gasteiger charge is -2.25. The topological polar surface area (TPSA) is 76.2 Å². The van der Waals surface area contributed by atoms with E-state index in [4.69, 9.17) is 0 Å². The highest BCUT2D eigenvalue weighted by molar-refractivity contribution is 6.02. The Kier molecular flexibility index (Phi) is 3.91. The van der Waals surface area contributed by atoms with Crippen LogP contribution in [0, 0.1) is 0 Å². The summed E-state index contributed by atoms with van der Waals surface area (Å²) in [6.07, 6.45) is 0.125. The van der Waals surface area contributed by atoms with Gasteiger partial charge >= 0.3 is 0 Å². The number of aliphatic hydroxyl groups is 1. The number of hydrogen-bond acceptors (Lipinski definition) is 4. The molecule has 3 heterocycles. The van der Waals surface area contributed by atoms with Crippen LogP contribution in [0.15, 0.2) is 48.5 Å². The summed E-state index contributed by atoms with van der Waals surface area (Å²) in [5.74, 6) is 0.0101. The number of carbonyl (C=O) groups is 1. The van der Waals surface area contributed by atoms with Gasteiger partial charge in [0.05, 0.1) is 24.7 Å². The molecule has 1 unspecified atom stereocenters. The Morgan fingerprint density at radius 2 is 1.82 bits per heavy atom. The third-order valence-electron chi connectivity index (χ3n) is 5.52. The van der Waals surface area contributed by atoms with Gasteiger partial charge < -0.3 is 14.6 Å². The summed E-state index contributed by atoms with van der Waals surface area (Å²) in [5.41, 5.74) is 4.44. The molecule has 28 heavy (non-hydrogen) atoms. The van der Waals surface area contributed by atoms with E-state index in [2.05, 4.69) is 16.4 Å². The third kappa shape index (κ3) is 2.58. The molecule has 0 fully saturated rings. The van der Waals surface area contributed by atoms with E-state index in [-0.39, 0.29) is 5.91 Å². The first-order chi connectivity index (χ1) is 13.6. The molecule has 1 aliphatic heterocycles. The smallest absolute Gasteiger partial charge is 0.270 e. The highest BCUT2D eigenvalue weighted by Crippen LogP contribution is 2.30. The third-order valence-corrected chi connectivity index (χ3v) is 5.52. The number of carbonyl (C=O) groups excluding carboxylic acids is 1. The molecule has 0 aliphatic carbocycles. The summed E-state index contributed by atoms with van der Waals surface area (Å²) in [6, 6.07) is 15.7. The van der Waals surface area contributed by atoms with Crippen molar-refractivity contribution < 1.29 is 9.90 Å². The molecule has 142 valence electrons. The van der Waals surface area contributed by atoms with E-state index in [9.17, 15) is 9.90 Å². The van der Waals surface area contributed by atoms with E-state index in [0.717, 1.165) is 33.9 Å². The van der Waals surface area contributed by atoms with Gasteiger partial charge in [-0.05, 0) is 30.2 Å². The molecule has 0 saturated heterocycles. The van der Waals surface area contributed by atoms with E-state index < -0.39 is 6.10 Å². The van der Waals surface area contributed by atoms with E-state index >= 15 is 0 Å². The van der Waals surface area contributed by atoms with Crippen LogP contribution in [0.4, 0.5) is 0 Å².